The molecule has 0 saturated heterocycles. The van der Waals surface area contributed by atoms with E-state index >= 15 is 0 Å². The third-order valence-electron chi connectivity index (χ3n) is 1.21. The largest absolute Gasteiger partial charge is 0.367 e. The molecule has 0 aromatic carbocycles. The molecule has 1 heterocycles. The van der Waals surface area contributed by atoms with E-state index in [-0.39, 0.29) is 0 Å². The van der Waals surface area contributed by atoms with Gasteiger partial charge in [0.1, 0.15) is 0 Å². The third-order valence-corrected chi connectivity index (χ3v) is 1.21. The molecule has 0 amide bonds. The van der Waals surface area contributed by atoms with Crippen LogP contribution in [0.2, 0.25) is 0 Å². The van der Waals surface area contributed by atoms with Crippen molar-refractivity contribution in [3.05, 3.63) is 30.1 Å². The number of H-pyrrole nitrogens is 1. The summed E-state index contributed by atoms with van der Waals surface area (Å²) in [7, 11) is 0. The summed E-state index contributed by atoms with van der Waals surface area (Å²) in [5.74, 6) is 0. The van der Waals surface area contributed by atoms with Gasteiger partial charge in [-0.25, -0.2) is 0 Å². The summed E-state index contributed by atoms with van der Waals surface area (Å²) in [6.07, 6.45) is 5.73. The molecule has 1 nitrogen and oxygen atoms in total. The van der Waals surface area contributed by atoms with Crippen molar-refractivity contribution in [1.29, 1.82) is 0 Å². The van der Waals surface area contributed by atoms with E-state index in [0.29, 0.717) is 0 Å². The lowest BCUT2D eigenvalue weighted by molar-refractivity contribution is 1.39. The summed E-state index contributed by atoms with van der Waals surface area (Å²) in [5, 5.41) is 0. The van der Waals surface area contributed by atoms with Gasteiger partial charge in [0.15, 0.2) is 0 Å². The van der Waals surface area contributed by atoms with E-state index in [1.54, 1.807) is 0 Å². The Morgan fingerprint density at radius 1 is 1.62 bits per heavy atom. The van der Waals surface area contributed by atoms with Gasteiger partial charge >= 0.3 is 0 Å². The second-order valence-electron chi connectivity index (χ2n) is 1.80. The molecule has 0 atom stereocenters. The highest BCUT2D eigenvalue weighted by Gasteiger charge is 1.88. The normalized spacial score (nSPS) is 9.12. The zero-order valence-corrected chi connectivity index (χ0v) is 4.94. The van der Waals surface area contributed by atoms with Gasteiger partial charge in [0.25, 0.3) is 0 Å². The number of aryl methyl sites for hydroxylation is 1. The predicted octanol–water partition coefficient (Wildman–Crippen LogP) is 1.97. The molecule has 0 fully saturated rings. The van der Waals surface area contributed by atoms with E-state index < -0.39 is 0 Å². The first kappa shape index (κ1) is 5.16. The lowest BCUT2D eigenvalue weighted by Gasteiger charge is -1.82. The highest BCUT2D eigenvalue weighted by molar-refractivity contribution is 5.49. The molecule has 0 aliphatic carbocycles. The van der Waals surface area contributed by atoms with Crippen LogP contribution in [-0.2, 0) is 0 Å². The van der Waals surface area contributed by atoms with Crippen LogP contribution in [0.1, 0.15) is 11.1 Å². The predicted molar refractivity (Wildman–Crippen MR) is 35.6 cm³/mol. The molecule has 42 valence electrons. The van der Waals surface area contributed by atoms with E-state index in [2.05, 4.69) is 11.6 Å². The first-order valence-electron chi connectivity index (χ1n) is 2.60. The zero-order chi connectivity index (χ0) is 5.98. The highest BCUT2D eigenvalue weighted by atomic mass is 14.6. The van der Waals surface area contributed by atoms with Crippen LogP contribution in [0.3, 0.4) is 0 Å². The second-order valence-corrected chi connectivity index (χ2v) is 1.80. The lowest BCUT2D eigenvalue weighted by Crippen LogP contribution is -1.64. The van der Waals surface area contributed by atoms with E-state index in [1.807, 2.05) is 25.4 Å². The highest BCUT2D eigenvalue weighted by Crippen LogP contribution is 2.05. The Morgan fingerprint density at radius 3 is 2.62 bits per heavy atom. The van der Waals surface area contributed by atoms with Crippen molar-refractivity contribution in [1.82, 2.24) is 4.98 Å². The first-order chi connectivity index (χ1) is 3.84. The maximum absolute atomic E-state index is 3.64. The van der Waals surface area contributed by atoms with Crippen molar-refractivity contribution in [2.45, 2.75) is 6.92 Å². The van der Waals surface area contributed by atoms with E-state index in [1.165, 1.54) is 11.1 Å². The Bertz CT molecular complexity index is 186. The van der Waals surface area contributed by atoms with Crippen molar-refractivity contribution < 1.29 is 0 Å². The maximum atomic E-state index is 3.64. The minimum absolute atomic E-state index is 1.19. The van der Waals surface area contributed by atoms with Gasteiger partial charge in [0.05, 0.1) is 0 Å². The van der Waals surface area contributed by atoms with Crippen LogP contribution in [0.15, 0.2) is 19.0 Å². The molecule has 0 spiro atoms. The molecule has 0 bridgehead atoms. The number of hydrogen-bond donors (Lipinski definition) is 1. The van der Waals surface area contributed by atoms with Gasteiger partial charge in [0, 0.05) is 12.4 Å². The van der Waals surface area contributed by atoms with Crippen LogP contribution >= 0.6 is 0 Å². The Balaban J connectivity index is 3.09. The minimum atomic E-state index is 1.19. The average Bonchev–Trinajstić information content (AvgIpc) is 2.14. The van der Waals surface area contributed by atoms with Crippen LogP contribution in [0.25, 0.3) is 6.08 Å². The Kier molecular flexibility index (Phi) is 1.20. The summed E-state index contributed by atoms with van der Waals surface area (Å²) in [6.45, 7) is 5.69. The van der Waals surface area contributed by atoms with Gasteiger partial charge < -0.3 is 4.98 Å². The Morgan fingerprint density at radius 2 is 2.38 bits per heavy atom. The van der Waals surface area contributed by atoms with E-state index in [0.717, 1.165) is 0 Å². The van der Waals surface area contributed by atoms with Gasteiger partial charge in [-0.05, 0) is 18.1 Å². The summed E-state index contributed by atoms with van der Waals surface area (Å²) >= 11 is 0. The fraction of sp³-hybridized carbons (Fsp3) is 0.143. The average molecular weight is 107 g/mol. The van der Waals surface area contributed by atoms with Crippen LogP contribution < -0.4 is 0 Å². The SMILES string of the molecule is C=Cc1c[nH]cc1C. The summed E-state index contributed by atoms with van der Waals surface area (Å²) < 4.78 is 0. The van der Waals surface area contributed by atoms with Crippen molar-refractivity contribution in [3.63, 3.8) is 0 Å². The number of aromatic amines is 1. The zero-order valence-electron chi connectivity index (χ0n) is 4.94. The fourth-order valence-electron chi connectivity index (χ4n) is 0.674. The number of rotatable bonds is 1. The molecule has 1 rings (SSSR count). The molecular formula is C7H9N. The standard InChI is InChI=1S/C7H9N/c1-3-7-5-8-4-6(7)2/h3-5,8H,1H2,2H3. The second kappa shape index (κ2) is 1.86. The first-order valence-corrected chi connectivity index (χ1v) is 2.60. The van der Waals surface area contributed by atoms with Crippen LogP contribution in [0, 0.1) is 6.92 Å². The topological polar surface area (TPSA) is 15.8 Å². The summed E-state index contributed by atoms with van der Waals surface area (Å²) in [6, 6.07) is 0. The summed E-state index contributed by atoms with van der Waals surface area (Å²) in [4.78, 5) is 2.98. The quantitative estimate of drug-likeness (QED) is 0.564. The summed E-state index contributed by atoms with van der Waals surface area (Å²) in [5.41, 5.74) is 2.44. The molecule has 0 aliphatic heterocycles. The molecule has 1 aromatic rings. The van der Waals surface area contributed by atoms with Crippen LogP contribution in [-0.4, -0.2) is 4.98 Å². The molecule has 1 N–H and O–H groups in total. The third kappa shape index (κ3) is 0.668. The molecule has 0 saturated carbocycles. The molecule has 1 aromatic heterocycles. The van der Waals surface area contributed by atoms with Gasteiger partial charge in [-0.3, -0.25) is 0 Å². The van der Waals surface area contributed by atoms with Gasteiger partial charge in [-0.2, -0.15) is 0 Å². The van der Waals surface area contributed by atoms with Crippen molar-refractivity contribution >= 4 is 6.08 Å². The monoisotopic (exact) mass is 107 g/mol. The molecule has 0 radical (unpaired) electrons. The smallest absolute Gasteiger partial charge is 0.00806 e. The molecule has 0 aliphatic rings. The molecule has 0 unspecified atom stereocenters. The van der Waals surface area contributed by atoms with Gasteiger partial charge in [-0.1, -0.05) is 12.7 Å². The number of aromatic nitrogens is 1. The minimum Gasteiger partial charge on any atom is -0.367 e. The fourth-order valence-corrected chi connectivity index (χ4v) is 0.674. The molecule has 8 heavy (non-hydrogen) atoms. The van der Waals surface area contributed by atoms with Gasteiger partial charge in [0.2, 0.25) is 0 Å². The van der Waals surface area contributed by atoms with Gasteiger partial charge in [-0.15, -0.1) is 0 Å². The Labute approximate surface area is 49.0 Å². The number of nitrogens with one attached hydrogen (secondary N) is 1. The van der Waals surface area contributed by atoms with Crippen molar-refractivity contribution in [2.24, 2.45) is 0 Å². The van der Waals surface area contributed by atoms with E-state index in [9.17, 15) is 0 Å². The van der Waals surface area contributed by atoms with Crippen LogP contribution in [0.5, 0.6) is 0 Å². The Hall–Kier alpha value is -0.980. The maximum Gasteiger partial charge on any atom is 0.00806 e. The molecule has 1 heteroatoms. The van der Waals surface area contributed by atoms with Crippen molar-refractivity contribution in [2.75, 3.05) is 0 Å². The molecular weight excluding hydrogens is 98.1 g/mol. The van der Waals surface area contributed by atoms with E-state index in [4.69, 9.17) is 0 Å². The van der Waals surface area contributed by atoms with Crippen molar-refractivity contribution in [3.8, 4) is 0 Å². The lowest BCUT2D eigenvalue weighted by atomic mass is 10.2. The number of hydrogen-bond acceptors (Lipinski definition) is 0. The van der Waals surface area contributed by atoms with Crippen LogP contribution in [0.4, 0.5) is 0 Å².